The van der Waals surface area contributed by atoms with Crippen LogP contribution in [0.1, 0.15) is 20.3 Å². The first-order chi connectivity index (χ1) is 9.25. The zero-order valence-electron chi connectivity index (χ0n) is 11.5. The molecule has 0 saturated heterocycles. The summed E-state index contributed by atoms with van der Waals surface area (Å²) in [6.45, 7) is 4.19. The minimum Gasteiger partial charge on any atom is -0.397 e. The quantitative estimate of drug-likeness (QED) is 0.560. The molecule has 112 valence electrons. The van der Waals surface area contributed by atoms with Gasteiger partial charge >= 0.3 is 0 Å². The zero-order valence-corrected chi connectivity index (χ0v) is 12.3. The second-order valence-electron chi connectivity index (χ2n) is 4.45. The molecule has 1 aromatic carbocycles. The number of carbonyl (C=O) groups is 1. The largest absolute Gasteiger partial charge is 0.397 e. The van der Waals surface area contributed by atoms with E-state index < -0.39 is 16.1 Å². The van der Waals surface area contributed by atoms with Gasteiger partial charge in [-0.15, -0.1) is 0 Å². The molecule has 6 N–H and O–H groups in total. The van der Waals surface area contributed by atoms with Gasteiger partial charge in [-0.25, -0.2) is 13.6 Å². The Labute approximate surface area is 118 Å². The molecule has 0 aromatic heterocycles. The van der Waals surface area contributed by atoms with E-state index in [-0.39, 0.29) is 10.8 Å². The van der Waals surface area contributed by atoms with Gasteiger partial charge in [0.1, 0.15) is 6.04 Å². The fourth-order valence-electron chi connectivity index (χ4n) is 1.54. The van der Waals surface area contributed by atoms with E-state index in [1.165, 1.54) is 18.2 Å². The van der Waals surface area contributed by atoms with Crippen molar-refractivity contribution in [2.75, 3.05) is 17.6 Å². The number of hydrogen-bond acceptors (Lipinski definition) is 5. The second-order valence-corrected chi connectivity index (χ2v) is 6.01. The minimum absolute atomic E-state index is 0.0598. The van der Waals surface area contributed by atoms with Gasteiger partial charge in [0.2, 0.25) is 15.9 Å². The number of anilines is 2. The van der Waals surface area contributed by atoms with Crippen molar-refractivity contribution in [3.63, 3.8) is 0 Å². The highest BCUT2D eigenvalue weighted by Crippen LogP contribution is 2.22. The van der Waals surface area contributed by atoms with Crippen LogP contribution in [-0.4, -0.2) is 26.9 Å². The molecule has 1 unspecified atom stereocenters. The monoisotopic (exact) mass is 300 g/mol. The van der Waals surface area contributed by atoms with Crippen molar-refractivity contribution in [1.82, 2.24) is 5.32 Å². The van der Waals surface area contributed by atoms with E-state index in [2.05, 4.69) is 10.6 Å². The summed E-state index contributed by atoms with van der Waals surface area (Å²) in [7, 11) is -3.81. The van der Waals surface area contributed by atoms with E-state index >= 15 is 0 Å². The number of carbonyl (C=O) groups excluding carboxylic acids is 1. The van der Waals surface area contributed by atoms with E-state index in [1.54, 1.807) is 6.92 Å². The normalized spacial score (nSPS) is 12.8. The molecule has 20 heavy (non-hydrogen) atoms. The highest BCUT2D eigenvalue weighted by Gasteiger charge is 2.15. The van der Waals surface area contributed by atoms with Crippen LogP contribution in [0.3, 0.4) is 0 Å². The number of primary sulfonamides is 1. The Morgan fingerprint density at radius 1 is 1.40 bits per heavy atom. The standard InChI is InChI=1S/C12H20N4O3S/c1-3-6-15-12(17)8(2)16-11-7-9(20(14,18)19)4-5-10(11)13/h4-5,7-8,16H,3,6,13H2,1-2H3,(H,15,17)(H2,14,18,19). The third-order valence-electron chi connectivity index (χ3n) is 2.67. The molecule has 0 aliphatic heterocycles. The fourth-order valence-corrected chi connectivity index (χ4v) is 2.08. The molecule has 0 radical (unpaired) electrons. The SMILES string of the molecule is CCCNC(=O)C(C)Nc1cc(S(N)(=O)=O)ccc1N. The number of nitrogen functional groups attached to an aromatic ring is 1. The molecule has 1 aromatic rings. The predicted octanol–water partition coefficient (Wildman–Crippen LogP) is 0.243. The van der Waals surface area contributed by atoms with Crippen LogP contribution in [0.4, 0.5) is 11.4 Å². The van der Waals surface area contributed by atoms with E-state index in [4.69, 9.17) is 10.9 Å². The average molecular weight is 300 g/mol. The van der Waals surface area contributed by atoms with Crippen molar-refractivity contribution in [2.45, 2.75) is 31.2 Å². The smallest absolute Gasteiger partial charge is 0.242 e. The molecular formula is C12H20N4O3S. The molecule has 0 bridgehead atoms. The lowest BCUT2D eigenvalue weighted by atomic mass is 10.2. The highest BCUT2D eigenvalue weighted by molar-refractivity contribution is 7.89. The van der Waals surface area contributed by atoms with Gasteiger partial charge in [-0.05, 0) is 31.5 Å². The maximum absolute atomic E-state index is 11.7. The number of rotatable bonds is 6. The molecule has 0 spiro atoms. The summed E-state index contributed by atoms with van der Waals surface area (Å²) in [5.41, 5.74) is 6.45. The van der Waals surface area contributed by atoms with E-state index in [0.29, 0.717) is 17.9 Å². The summed E-state index contributed by atoms with van der Waals surface area (Å²) >= 11 is 0. The first-order valence-electron chi connectivity index (χ1n) is 6.22. The first kappa shape index (κ1) is 16.3. The van der Waals surface area contributed by atoms with Crippen molar-refractivity contribution in [3.05, 3.63) is 18.2 Å². The predicted molar refractivity (Wildman–Crippen MR) is 78.6 cm³/mol. The third kappa shape index (κ3) is 4.39. The van der Waals surface area contributed by atoms with Gasteiger partial charge in [-0.3, -0.25) is 4.79 Å². The first-order valence-corrected chi connectivity index (χ1v) is 7.77. The second kappa shape index (κ2) is 6.58. The van der Waals surface area contributed by atoms with Crippen molar-refractivity contribution in [1.29, 1.82) is 0 Å². The Morgan fingerprint density at radius 2 is 2.05 bits per heavy atom. The molecule has 0 heterocycles. The molecule has 0 saturated carbocycles. The van der Waals surface area contributed by atoms with E-state index in [9.17, 15) is 13.2 Å². The Balaban J connectivity index is 2.89. The fraction of sp³-hybridized carbons (Fsp3) is 0.417. The van der Waals surface area contributed by atoms with Gasteiger partial charge in [0.05, 0.1) is 16.3 Å². The number of amides is 1. The Bertz CT molecular complexity index is 586. The molecule has 7 nitrogen and oxygen atoms in total. The van der Waals surface area contributed by atoms with Crippen LogP contribution in [0.15, 0.2) is 23.1 Å². The van der Waals surface area contributed by atoms with Crippen LogP contribution < -0.4 is 21.5 Å². The van der Waals surface area contributed by atoms with Crippen molar-refractivity contribution in [3.8, 4) is 0 Å². The molecule has 1 atom stereocenters. The molecule has 0 fully saturated rings. The maximum Gasteiger partial charge on any atom is 0.242 e. The van der Waals surface area contributed by atoms with Crippen LogP contribution in [0.25, 0.3) is 0 Å². The van der Waals surface area contributed by atoms with Crippen molar-refractivity contribution in [2.24, 2.45) is 5.14 Å². The number of sulfonamides is 1. The summed E-state index contributed by atoms with van der Waals surface area (Å²) in [4.78, 5) is 11.7. The summed E-state index contributed by atoms with van der Waals surface area (Å²) in [5, 5.41) is 10.7. The Morgan fingerprint density at radius 3 is 2.60 bits per heavy atom. The lowest BCUT2D eigenvalue weighted by molar-refractivity contribution is -0.121. The van der Waals surface area contributed by atoms with Gasteiger partial charge in [-0.1, -0.05) is 6.92 Å². The Hall–Kier alpha value is -1.80. The van der Waals surface area contributed by atoms with Gasteiger partial charge in [0, 0.05) is 6.54 Å². The minimum atomic E-state index is -3.81. The lowest BCUT2D eigenvalue weighted by Gasteiger charge is -2.17. The lowest BCUT2D eigenvalue weighted by Crippen LogP contribution is -2.38. The van der Waals surface area contributed by atoms with Crippen LogP contribution in [-0.2, 0) is 14.8 Å². The van der Waals surface area contributed by atoms with Crippen molar-refractivity contribution < 1.29 is 13.2 Å². The number of hydrogen-bond donors (Lipinski definition) is 4. The van der Waals surface area contributed by atoms with Gasteiger partial charge in [0.25, 0.3) is 0 Å². The van der Waals surface area contributed by atoms with Gasteiger partial charge in [0.15, 0.2) is 0 Å². The summed E-state index contributed by atoms with van der Waals surface area (Å²) in [5.74, 6) is -0.188. The summed E-state index contributed by atoms with van der Waals surface area (Å²) < 4.78 is 22.6. The van der Waals surface area contributed by atoms with E-state index in [0.717, 1.165) is 6.42 Å². The van der Waals surface area contributed by atoms with Crippen LogP contribution in [0.5, 0.6) is 0 Å². The van der Waals surface area contributed by atoms with Crippen LogP contribution in [0.2, 0.25) is 0 Å². The average Bonchev–Trinajstić information content (AvgIpc) is 2.37. The third-order valence-corrected chi connectivity index (χ3v) is 3.58. The molecule has 1 rings (SSSR count). The number of benzene rings is 1. The summed E-state index contributed by atoms with van der Waals surface area (Å²) in [6, 6.07) is 3.52. The zero-order chi connectivity index (χ0) is 15.3. The molecule has 0 aliphatic carbocycles. The van der Waals surface area contributed by atoms with Crippen LogP contribution in [0, 0.1) is 0 Å². The number of nitrogens with one attached hydrogen (secondary N) is 2. The molecular weight excluding hydrogens is 280 g/mol. The molecule has 0 aliphatic rings. The molecule has 8 heteroatoms. The van der Waals surface area contributed by atoms with Gasteiger partial charge in [-0.2, -0.15) is 0 Å². The van der Waals surface area contributed by atoms with E-state index in [1.807, 2.05) is 6.92 Å². The van der Waals surface area contributed by atoms with Gasteiger partial charge < -0.3 is 16.4 Å². The maximum atomic E-state index is 11.7. The van der Waals surface area contributed by atoms with Crippen LogP contribution >= 0.6 is 0 Å². The number of nitrogens with two attached hydrogens (primary N) is 2. The topological polar surface area (TPSA) is 127 Å². The summed E-state index contributed by atoms with van der Waals surface area (Å²) in [6.07, 6.45) is 0.835. The van der Waals surface area contributed by atoms with Crippen molar-refractivity contribution >= 4 is 27.3 Å². The highest BCUT2D eigenvalue weighted by atomic mass is 32.2. The molecule has 1 amide bonds. The Kier molecular flexibility index (Phi) is 5.34.